The van der Waals surface area contributed by atoms with Crippen molar-refractivity contribution in [2.45, 2.75) is 6.54 Å². The summed E-state index contributed by atoms with van der Waals surface area (Å²) in [6.07, 6.45) is 0. The highest BCUT2D eigenvalue weighted by Gasteiger charge is 1.97. The molecule has 2 rings (SSSR count). The first-order valence-electron chi connectivity index (χ1n) is 5.08. The number of rotatable bonds is 3. The van der Waals surface area contributed by atoms with Crippen molar-refractivity contribution < 1.29 is 0 Å². The molecule has 0 aliphatic heterocycles. The van der Waals surface area contributed by atoms with Gasteiger partial charge in [-0.1, -0.05) is 41.9 Å². The average Bonchev–Trinajstić information content (AvgIpc) is 2.32. The maximum Gasteiger partial charge on any atom is 0.0636 e. The topological polar surface area (TPSA) is 38.0 Å². The van der Waals surface area contributed by atoms with Gasteiger partial charge < -0.3 is 11.1 Å². The van der Waals surface area contributed by atoms with Crippen LogP contribution in [0.5, 0.6) is 0 Å². The van der Waals surface area contributed by atoms with Gasteiger partial charge in [0.25, 0.3) is 0 Å². The molecule has 0 amide bonds. The van der Waals surface area contributed by atoms with E-state index in [1.807, 2.05) is 30.3 Å². The van der Waals surface area contributed by atoms with Gasteiger partial charge in [-0.2, -0.15) is 0 Å². The van der Waals surface area contributed by atoms with Crippen LogP contribution in [0.4, 0.5) is 11.4 Å². The Hall–Kier alpha value is -1.67. The van der Waals surface area contributed by atoms with Crippen molar-refractivity contribution in [3.05, 3.63) is 59.1 Å². The summed E-state index contributed by atoms with van der Waals surface area (Å²) in [5.41, 5.74) is 8.52. The van der Waals surface area contributed by atoms with Gasteiger partial charge >= 0.3 is 0 Å². The number of hydrogen-bond acceptors (Lipinski definition) is 2. The highest BCUT2D eigenvalue weighted by Crippen LogP contribution is 2.22. The third-order valence-corrected chi connectivity index (χ3v) is 2.68. The maximum absolute atomic E-state index is 5.85. The predicted octanol–water partition coefficient (Wildman–Crippen LogP) is 3.53. The molecule has 0 unspecified atom stereocenters. The van der Waals surface area contributed by atoms with Gasteiger partial charge in [-0.25, -0.2) is 0 Å². The molecule has 2 nitrogen and oxygen atoms in total. The van der Waals surface area contributed by atoms with E-state index in [0.29, 0.717) is 10.7 Å². The van der Waals surface area contributed by atoms with Crippen molar-refractivity contribution in [2.75, 3.05) is 11.1 Å². The van der Waals surface area contributed by atoms with Crippen LogP contribution < -0.4 is 11.1 Å². The van der Waals surface area contributed by atoms with Crippen molar-refractivity contribution in [1.29, 1.82) is 0 Å². The zero-order chi connectivity index (χ0) is 11.4. The summed E-state index contributed by atoms with van der Waals surface area (Å²) in [6.45, 7) is 0.780. The van der Waals surface area contributed by atoms with Crippen LogP contribution in [0, 0.1) is 0 Å². The average molecular weight is 233 g/mol. The monoisotopic (exact) mass is 232 g/mol. The molecule has 82 valence electrons. The van der Waals surface area contributed by atoms with Crippen LogP contribution in [-0.4, -0.2) is 0 Å². The lowest BCUT2D eigenvalue weighted by Crippen LogP contribution is -1.99. The van der Waals surface area contributed by atoms with Gasteiger partial charge in [-0.3, -0.25) is 0 Å². The van der Waals surface area contributed by atoms with Gasteiger partial charge in [0, 0.05) is 12.2 Å². The van der Waals surface area contributed by atoms with Gasteiger partial charge in [0.05, 0.1) is 10.7 Å². The van der Waals surface area contributed by atoms with Crippen molar-refractivity contribution in [3.8, 4) is 0 Å². The molecule has 0 aliphatic carbocycles. The summed E-state index contributed by atoms with van der Waals surface area (Å²) in [5, 5.41) is 3.88. The van der Waals surface area contributed by atoms with Gasteiger partial charge in [-0.05, 0) is 23.8 Å². The van der Waals surface area contributed by atoms with Crippen LogP contribution in [0.25, 0.3) is 0 Å². The molecule has 0 saturated carbocycles. The second-order valence-corrected chi connectivity index (χ2v) is 3.98. The Bertz CT molecular complexity index is 469. The first kappa shape index (κ1) is 10.8. The third-order valence-electron chi connectivity index (χ3n) is 2.34. The van der Waals surface area contributed by atoms with Crippen LogP contribution >= 0.6 is 11.6 Å². The molecule has 2 aromatic rings. The summed E-state index contributed by atoms with van der Waals surface area (Å²) in [5.74, 6) is 0. The minimum absolute atomic E-state index is 0.588. The molecule has 0 atom stereocenters. The third kappa shape index (κ3) is 2.67. The van der Waals surface area contributed by atoms with E-state index in [2.05, 4.69) is 17.4 Å². The highest BCUT2D eigenvalue weighted by atomic mass is 35.5. The van der Waals surface area contributed by atoms with E-state index in [1.54, 1.807) is 6.07 Å². The molecule has 0 aliphatic rings. The van der Waals surface area contributed by atoms with E-state index < -0.39 is 0 Å². The maximum atomic E-state index is 5.85. The number of hydrogen-bond donors (Lipinski definition) is 2. The number of anilines is 2. The molecule has 2 aromatic carbocycles. The lowest BCUT2D eigenvalue weighted by atomic mass is 10.2. The van der Waals surface area contributed by atoms with Crippen LogP contribution in [0.15, 0.2) is 48.5 Å². The quantitative estimate of drug-likeness (QED) is 0.795. The summed E-state index contributed by atoms with van der Waals surface area (Å²) < 4.78 is 0. The summed E-state index contributed by atoms with van der Waals surface area (Å²) in [4.78, 5) is 0. The fourth-order valence-corrected chi connectivity index (χ4v) is 1.57. The van der Waals surface area contributed by atoms with Crippen LogP contribution in [0.1, 0.15) is 5.56 Å². The fraction of sp³-hybridized carbons (Fsp3) is 0.0769. The number of nitrogen functional groups attached to an aromatic ring is 1. The van der Waals surface area contributed by atoms with Gasteiger partial charge in [0.2, 0.25) is 0 Å². The molecule has 0 aromatic heterocycles. The summed E-state index contributed by atoms with van der Waals surface area (Å²) in [6, 6.07) is 15.7. The fourth-order valence-electron chi connectivity index (χ4n) is 1.45. The van der Waals surface area contributed by atoms with Gasteiger partial charge in [-0.15, -0.1) is 0 Å². The molecular formula is C13H13ClN2. The highest BCUT2D eigenvalue weighted by molar-refractivity contribution is 6.33. The van der Waals surface area contributed by atoms with E-state index >= 15 is 0 Å². The first-order valence-corrected chi connectivity index (χ1v) is 5.46. The molecule has 0 heterocycles. The minimum atomic E-state index is 0.588. The smallest absolute Gasteiger partial charge is 0.0636 e. The molecular weight excluding hydrogens is 220 g/mol. The molecule has 0 radical (unpaired) electrons. The van der Waals surface area contributed by atoms with Crippen LogP contribution in [0.3, 0.4) is 0 Å². The normalized spacial score (nSPS) is 10.1. The van der Waals surface area contributed by atoms with Crippen molar-refractivity contribution in [3.63, 3.8) is 0 Å². The largest absolute Gasteiger partial charge is 0.397 e. The van der Waals surface area contributed by atoms with Crippen molar-refractivity contribution in [2.24, 2.45) is 0 Å². The Labute approximate surface area is 100 Å². The SMILES string of the molecule is Nc1cc(NCc2ccccc2)ccc1Cl. The standard InChI is InChI=1S/C13H13ClN2/c14-12-7-6-11(8-13(12)15)16-9-10-4-2-1-3-5-10/h1-8,16H,9,15H2. The Morgan fingerprint density at radius 2 is 1.81 bits per heavy atom. The number of nitrogens with two attached hydrogens (primary N) is 1. The Balaban J connectivity index is 2.03. The lowest BCUT2D eigenvalue weighted by molar-refractivity contribution is 1.15. The second-order valence-electron chi connectivity index (χ2n) is 3.58. The lowest BCUT2D eigenvalue weighted by Gasteiger charge is -2.07. The van der Waals surface area contributed by atoms with E-state index in [1.165, 1.54) is 5.56 Å². The van der Waals surface area contributed by atoms with E-state index in [0.717, 1.165) is 12.2 Å². The molecule has 0 bridgehead atoms. The van der Waals surface area contributed by atoms with Gasteiger partial charge in [0.1, 0.15) is 0 Å². The minimum Gasteiger partial charge on any atom is -0.397 e. The summed E-state index contributed by atoms with van der Waals surface area (Å²) in [7, 11) is 0. The van der Waals surface area contributed by atoms with Crippen molar-refractivity contribution >= 4 is 23.0 Å². The summed E-state index contributed by atoms with van der Waals surface area (Å²) >= 11 is 5.85. The zero-order valence-electron chi connectivity index (χ0n) is 8.78. The van der Waals surface area contributed by atoms with E-state index in [9.17, 15) is 0 Å². The van der Waals surface area contributed by atoms with E-state index in [-0.39, 0.29) is 0 Å². The van der Waals surface area contributed by atoms with Crippen LogP contribution in [0.2, 0.25) is 5.02 Å². The van der Waals surface area contributed by atoms with Gasteiger partial charge in [0.15, 0.2) is 0 Å². The molecule has 0 saturated heterocycles. The number of benzene rings is 2. The predicted molar refractivity (Wildman–Crippen MR) is 69.6 cm³/mol. The molecule has 3 N–H and O–H groups in total. The Kier molecular flexibility index (Phi) is 3.32. The van der Waals surface area contributed by atoms with Crippen molar-refractivity contribution in [1.82, 2.24) is 0 Å². The molecule has 3 heteroatoms. The van der Waals surface area contributed by atoms with Crippen LogP contribution in [-0.2, 0) is 6.54 Å². The second kappa shape index (κ2) is 4.90. The Morgan fingerprint density at radius 1 is 1.06 bits per heavy atom. The molecule has 0 fully saturated rings. The first-order chi connectivity index (χ1) is 7.75. The number of halogens is 1. The van der Waals surface area contributed by atoms with E-state index in [4.69, 9.17) is 17.3 Å². The molecule has 0 spiro atoms. The molecule has 16 heavy (non-hydrogen) atoms. The zero-order valence-corrected chi connectivity index (χ0v) is 9.54. The number of nitrogens with one attached hydrogen (secondary N) is 1. The Morgan fingerprint density at radius 3 is 2.50 bits per heavy atom.